The number of aliphatic carboxylic acids is 1. The Balaban J connectivity index is 1.52. The van der Waals surface area contributed by atoms with E-state index in [1.807, 2.05) is 18.2 Å². The minimum absolute atomic E-state index is 0.369. The summed E-state index contributed by atoms with van der Waals surface area (Å²) in [5, 5.41) is 12.7. The SMILES string of the molecule is COc1ccc2nccc(Oc3ccc(NC(=O)C4(C(=O)O)CC4)cc3)c2c1. The molecule has 1 saturated carbocycles. The number of benzene rings is 2. The second kappa shape index (κ2) is 6.84. The number of nitrogens with one attached hydrogen (secondary N) is 1. The van der Waals surface area contributed by atoms with Crippen LogP contribution in [0.3, 0.4) is 0 Å². The van der Waals surface area contributed by atoms with Crippen LogP contribution in [0.5, 0.6) is 17.2 Å². The number of rotatable bonds is 6. The summed E-state index contributed by atoms with van der Waals surface area (Å²) in [6.07, 6.45) is 2.40. The van der Waals surface area contributed by atoms with Crippen LogP contribution in [0.1, 0.15) is 12.8 Å². The molecule has 2 aromatic carbocycles. The van der Waals surface area contributed by atoms with Gasteiger partial charge in [0.1, 0.15) is 22.7 Å². The average molecular weight is 378 g/mol. The molecule has 0 radical (unpaired) electrons. The van der Waals surface area contributed by atoms with Crippen molar-refractivity contribution in [3.8, 4) is 17.2 Å². The molecule has 28 heavy (non-hydrogen) atoms. The molecule has 1 heterocycles. The highest BCUT2D eigenvalue weighted by Crippen LogP contribution is 2.46. The number of methoxy groups -OCH3 is 1. The summed E-state index contributed by atoms with van der Waals surface area (Å²) in [5.41, 5.74) is 0.0289. The summed E-state index contributed by atoms with van der Waals surface area (Å²) in [4.78, 5) is 27.7. The number of amides is 1. The molecule has 142 valence electrons. The highest BCUT2D eigenvalue weighted by Gasteiger charge is 2.57. The van der Waals surface area contributed by atoms with Crippen LogP contribution in [0.2, 0.25) is 0 Å². The van der Waals surface area contributed by atoms with E-state index < -0.39 is 17.3 Å². The van der Waals surface area contributed by atoms with E-state index in [4.69, 9.17) is 9.47 Å². The minimum atomic E-state index is -1.27. The highest BCUT2D eigenvalue weighted by atomic mass is 16.5. The highest BCUT2D eigenvalue weighted by molar-refractivity contribution is 6.10. The predicted octanol–water partition coefficient (Wildman–Crippen LogP) is 3.84. The number of anilines is 1. The molecule has 1 fully saturated rings. The monoisotopic (exact) mass is 378 g/mol. The van der Waals surface area contributed by atoms with Crippen molar-refractivity contribution in [2.45, 2.75) is 12.8 Å². The Bertz CT molecular complexity index is 1060. The van der Waals surface area contributed by atoms with Gasteiger partial charge in [-0.25, -0.2) is 0 Å². The third-order valence-corrected chi connectivity index (χ3v) is 4.84. The van der Waals surface area contributed by atoms with Crippen molar-refractivity contribution >= 4 is 28.5 Å². The summed E-state index contributed by atoms with van der Waals surface area (Å²) in [7, 11) is 1.60. The van der Waals surface area contributed by atoms with Crippen LogP contribution in [0.15, 0.2) is 54.7 Å². The van der Waals surface area contributed by atoms with E-state index in [-0.39, 0.29) is 0 Å². The third-order valence-electron chi connectivity index (χ3n) is 4.84. The molecule has 0 aliphatic heterocycles. The van der Waals surface area contributed by atoms with Crippen molar-refractivity contribution in [2.75, 3.05) is 12.4 Å². The fourth-order valence-corrected chi connectivity index (χ4v) is 2.96. The molecule has 1 amide bonds. The molecule has 1 aliphatic carbocycles. The van der Waals surface area contributed by atoms with E-state index in [0.717, 1.165) is 10.9 Å². The van der Waals surface area contributed by atoms with Gasteiger partial charge in [-0.1, -0.05) is 0 Å². The average Bonchev–Trinajstić information content (AvgIpc) is 3.52. The first-order valence-electron chi connectivity index (χ1n) is 8.77. The van der Waals surface area contributed by atoms with Crippen molar-refractivity contribution < 1.29 is 24.2 Å². The van der Waals surface area contributed by atoms with Gasteiger partial charge in [0.15, 0.2) is 0 Å². The van der Waals surface area contributed by atoms with Crippen LogP contribution in [-0.4, -0.2) is 29.1 Å². The number of hydrogen-bond acceptors (Lipinski definition) is 5. The normalized spacial score (nSPS) is 14.3. The van der Waals surface area contributed by atoms with Crippen molar-refractivity contribution in [1.82, 2.24) is 4.98 Å². The van der Waals surface area contributed by atoms with Crippen molar-refractivity contribution in [3.05, 3.63) is 54.7 Å². The zero-order valence-electron chi connectivity index (χ0n) is 15.1. The molecule has 1 aromatic heterocycles. The molecule has 1 aliphatic rings. The molecule has 2 N–H and O–H groups in total. The van der Waals surface area contributed by atoms with E-state index in [1.54, 1.807) is 43.6 Å². The summed E-state index contributed by atoms with van der Waals surface area (Å²) in [5.74, 6) is 0.345. The van der Waals surface area contributed by atoms with Crippen LogP contribution in [-0.2, 0) is 9.59 Å². The van der Waals surface area contributed by atoms with Gasteiger partial charge < -0.3 is 19.9 Å². The van der Waals surface area contributed by atoms with Gasteiger partial charge in [0.2, 0.25) is 5.91 Å². The number of aromatic nitrogens is 1. The van der Waals surface area contributed by atoms with Crippen molar-refractivity contribution in [3.63, 3.8) is 0 Å². The van der Waals surface area contributed by atoms with Gasteiger partial charge in [0.25, 0.3) is 0 Å². The van der Waals surface area contributed by atoms with Crippen molar-refractivity contribution in [1.29, 1.82) is 0 Å². The lowest BCUT2D eigenvalue weighted by atomic mass is 10.1. The Kier molecular flexibility index (Phi) is 4.35. The Labute approximate surface area is 160 Å². The maximum atomic E-state index is 12.2. The van der Waals surface area contributed by atoms with E-state index in [9.17, 15) is 14.7 Å². The molecular weight excluding hydrogens is 360 g/mol. The summed E-state index contributed by atoms with van der Waals surface area (Å²) in [6, 6.07) is 14.1. The molecule has 0 bridgehead atoms. The lowest BCUT2D eigenvalue weighted by molar-refractivity contribution is -0.147. The van der Waals surface area contributed by atoms with E-state index in [0.29, 0.717) is 35.8 Å². The number of hydrogen-bond donors (Lipinski definition) is 2. The Morgan fingerprint density at radius 3 is 2.43 bits per heavy atom. The topological polar surface area (TPSA) is 97.8 Å². The molecule has 7 nitrogen and oxygen atoms in total. The fraction of sp³-hybridized carbons (Fsp3) is 0.190. The Hall–Kier alpha value is -3.61. The Morgan fingerprint density at radius 1 is 1.07 bits per heavy atom. The first-order valence-corrected chi connectivity index (χ1v) is 8.77. The smallest absolute Gasteiger partial charge is 0.319 e. The molecular formula is C21H18N2O5. The lowest BCUT2D eigenvalue weighted by Gasteiger charge is -2.12. The van der Waals surface area contributed by atoms with Crippen LogP contribution >= 0.6 is 0 Å². The number of carboxylic acid groups (broad SMARTS) is 1. The predicted molar refractivity (Wildman–Crippen MR) is 103 cm³/mol. The van der Waals surface area contributed by atoms with E-state index in [2.05, 4.69) is 10.3 Å². The third kappa shape index (κ3) is 3.22. The van der Waals surface area contributed by atoms with Gasteiger partial charge >= 0.3 is 5.97 Å². The maximum absolute atomic E-state index is 12.2. The summed E-state index contributed by atoms with van der Waals surface area (Å²) >= 11 is 0. The van der Waals surface area contributed by atoms with Gasteiger partial charge in [0.05, 0.1) is 12.6 Å². The van der Waals surface area contributed by atoms with E-state index in [1.165, 1.54) is 0 Å². The van der Waals surface area contributed by atoms with Crippen LogP contribution in [0.25, 0.3) is 10.9 Å². The number of carboxylic acids is 1. The number of carbonyl (C=O) groups excluding carboxylic acids is 1. The quantitative estimate of drug-likeness (QED) is 0.633. The molecule has 7 heteroatoms. The number of ether oxygens (including phenoxy) is 2. The summed E-state index contributed by atoms with van der Waals surface area (Å²) in [6.45, 7) is 0. The second-order valence-electron chi connectivity index (χ2n) is 6.66. The fourth-order valence-electron chi connectivity index (χ4n) is 2.96. The zero-order valence-corrected chi connectivity index (χ0v) is 15.1. The lowest BCUT2D eigenvalue weighted by Crippen LogP contribution is -2.31. The molecule has 0 saturated heterocycles. The number of pyridine rings is 1. The van der Waals surface area contributed by atoms with E-state index >= 15 is 0 Å². The van der Waals surface area contributed by atoms with Crippen LogP contribution < -0.4 is 14.8 Å². The Morgan fingerprint density at radius 2 is 1.79 bits per heavy atom. The molecule has 0 unspecified atom stereocenters. The molecule has 0 atom stereocenters. The molecule has 4 rings (SSSR count). The minimum Gasteiger partial charge on any atom is -0.497 e. The summed E-state index contributed by atoms with van der Waals surface area (Å²) < 4.78 is 11.2. The van der Waals surface area contributed by atoms with Gasteiger partial charge in [-0.05, 0) is 61.4 Å². The largest absolute Gasteiger partial charge is 0.497 e. The molecule has 3 aromatic rings. The standard InChI is InChI=1S/C21H18N2O5/c1-27-15-6-7-17-16(12-15)18(8-11-22-17)28-14-4-2-13(3-5-14)23-19(24)21(9-10-21)20(25)26/h2-8,11-12H,9-10H2,1H3,(H,23,24)(H,25,26). The maximum Gasteiger partial charge on any atom is 0.319 e. The number of fused-ring (bicyclic) bond motifs is 1. The van der Waals surface area contributed by atoms with Gasteiger partial charge in [-0.3, -0.25) is 14.6 Å². The van der Waals surface area contributed by atoms with Gasteiger partial charge in [-0.2, -0.15) is 0 Å². The zero-order chi connectivity index (χ0) is 19.7. The first kappa shape index (κ1) is 17.8. The van der Waals surface area contributed by atoms with Crippen molar-refractivity contribution in [2.24, 2.45) is 5.41 Å². The van der Waals surface area contributed by atoms with Gasteiger partial charge in [-0.15, -0.1) is 0 Å². The van der Waals surface area contributed by atoms with Crippen LogP contribution in [0.4, 0.5) is 5.69 Å². The first-order chi connectivity index (χ1) is 13.5. The number of nitrogens with zero attached hydrogens (tertiary/aromatic N) is 1. The van der Waals surface area contributed by atoms with Crippen LogP contribution in [0, 0.1) is 5.41 Å². The second-order valence-corrected chi connectivity index (χ2v) is 6.66. The van der Waals surface area contributed by atoms with Gasteiger partial charge in [0, 0.05) is 17.3 Å². The number of carbonyl (C=O) groups is 2. The molecule has 0 spiro atoms.